The van der Waals surface area contributed by atoms with Crippen LogP contribution in [0.15, 0.2) is 18.2 Å². The van der Waals surface area contributed by atoms with E-state index in [0.717, 1.165) is 11.1 Å². The zero-order valence-electron chi connectivity index (χ0n) is 9.70. The van der Waals surface area contributed by atoms with Crippen LogP contribution < -0.4 is 10.6 Å². The zero-order chi connectivity index (χ0) is 12.8. The van der Waals surface area contributed by atoms with Crippen molar-refractivity contribution in [2.24, 2.45) is 0 Å². The van der Waals surface area contributed by atoms with Crippen LogP contribution in [0, 0.1) is 25.2 Å². The van der Waals surface area contributed by atoms with Crippen LogP contribution >= 0.6 is 0 Å². The summed E-state index contributed by atoms with van der Waals surface area (Å²) in [6.45, 7) is 3.60. The summed E-state index contributed by atoms with van der Waals surface area (Å²) in [4.78, 5) is 22.6. The van der Waals surface area contributed by atoms with E-state index >= 15 is 0 Å². The number of carbonyl (C=O) groups is 2. The van der Waals surface area contributed by atoms with Gasteiger partial charge in [0.05, 0.1) is 6.07 Å². The Labute approximate surface area is 99.4 Å². The normalized spacial score (nSPS) is 9.24. The molecule has 0 aliphatic heterocycles. The number of anilines is 1. The van der Waals surface area contributed by atoms with Crippen molar-refractivity contribution in [2.75, 3.05) is 11.9 Å². The van der Waals surface area contributed by atoms with Crippen LogP contribution in [-0.4, -0.2) is 18.4 Å². The predicted octanol–water partition coefficient (Wildman–Crippen LogP) is 0.882. The molecule has 88 valence electrons. The molecule has 1 aromatic rings. The van der Waals surface area contributed by atoms with Gasteiger partial charge in [0.25, 0.3) is 0 Å². The number of benzene rings is 1. The SMILES string of the molecule is Cc1ccc(NC(=O)C(=O)NCC#N)c(C)c1. The maximum Gasteiger partial charge on any atom is 0.313 e. The highest BCUT2D eigenvalue weighted by Crippen LogP contribution is 2.15. The summed E-state index contributed by atoms with van der Waals surface area (Å²) in [7, 11) is 0. The van der Waals surface area contributed by atoms with Crippen molar-refractivity contribution in [3.05, 3.63) is 29.3 Å². The number of rotatable bonds is 2. The molecule has 0 unspecified atom stereocenters. The zero-order valence-corrected chi connectivity index (χ0v) is 9.70. The van der Waals surface area contributed by atoms with Gasteiger partial charge in [-0.2, -0.15) is 5.26 Å². The Morgan fingerprint density at radius 3 is 2.59 bits per heavy atom. The quantitative estimate of drug-likeness (QED) is 0.585. The number of nitriles is 1. The lowest BCUT2D eigenvalue weighted by Gasteiger charge is -2.08. The van der Waals surface area contributed by atoms with E-state index in [1.54, 1.807) is 12.1 Å². The van der Waals surface area contributed by atoms with Crippen LogP contribution in [-0.2, 0) is 9.59 Å². The summed E-state index contributed by atoms with van der Waals surface area (Å²) in [6.07, 6.45) is 0. The van der Waals surface area contributed by atoms with E-state index in [1.165, 1.54) is 0 Å². The third kappa shape index (κ3) is 3.61. The molecule has 0 atom stereocenters. The highest BCUT2D eigenvalue weighted by molar-refractivity contribution is 6.39. The molecule has 0 spiro atoms. The summed E-state index contributed by atoms with van der Waals surface area (Å²) >= 11 is 0. The first kappa shape index (κ1) is 12.7. The highest BCUT2D eigenvalue weighted by atomic mass is 16.2. The average molecular weight is 231 g/mol. The summed E-state index contributed by atoms with van der Waals surface area (Å²) in [5.41, 5.74) is 2.55. The van der Waals surface area contributed by atoms with Gasteiger partial charge >= 0.3 is 11.8 Å². The second-order valence-corrected chi connectivity index (χ2v) is 3.61. The molecule has 1 aromatic carbocycles. The summed E-state index contributed by atoms with van der Waals surface area (Å²) < 4.78 is 0. The Morgan fingerprint density at radius 1 is 1.29 bits per heavy atom. The number of aryl methyl sites for hydroxylation is 2. The molecule has 0 aliphatic carbocycles. The third-order valence-corrected chi connectivity index (χ3v) is 2.16. The van der Waals surface area contributed by atoms with Gasteiger partial charge in [-0.25, -0.2) is 0 Å². The van der Waals surface area contributed by atoms with E-state index in [4.69, 9.17) is 5.26 Å². The van der Waals surface area contributed by atoms with Crippen molar-refractivity contribution >= 4 is 17.5 Å². The molecule has 2 amide bonds. The van der Waals surface area contributed by atoms with E-state index < -0.39 is 11.8 Å². The predicted molar refractivity (Wildman–Crippen MR) is 63.2 cm³/mol. The fourth-order valence-corrected chi connectivity index (χ4v) is 1.33. The molecule has 17 heavy (non-hydrogen) atoms. The minimum absolute atomic E-state index is 0.181. The first-order valence-corrected chi connectivity index (χ1v) is 5.08. The Hall–Kier alpha value is -2.35. The van der Waals surface area contributed by atoms with E-state index in [-0.39, 0.29) is 6.54 Å². The minimum atomic E-state index is -0.813. The van der Waals surface area contributed by atoms with Gasteiger partial charge in [0.1, 0.15) is 6.54 Å². The number of carbonyl (C=O) groups excluding carboxylic acids is 2. The fraction of sp³-hybridized carbons (Fsp3) is 0.250. The molecule has 0 heterocycles. The van der Waals surface area contributed by atoms with Crippen LogP contribution in [0.25, 0.3) is 0 Å². The molecule has 1 rings (SSSR count). The third-order valence-electron chi connectivity index (χ3n) is 2.16. The van der Waals surface area contributed by atoms with Crippen LogP contribution in [0.3, 0.4) is 0 Å². The highest BCUT2D eigenvalue weighted by Gasteiger charge is 2.13. The Bertz CT molecular complexity index is 489. The van der Waals surface area contributed by atoms with Gasteiger partial charge in [-0.1, -0.05) is 17.7 Å². The lowest BCUT2D eigenvalue weighted by Crippen LogP contribution is -2.35. The van der Waals surface area contributed by atoms with Gasteiger partial charge in [-0.3, -0.25) is 9.59 Å². The van der Waals surface area contributed by atoms with Crippen LogP contribution in [0.2, 0.25) is 0 Å². The van der Waals surface area contributed by atoms with Gasteiger partial charge in [0.2, 0.25) is 0 Å². The molecule has 0 aliphatic rings. The maximum atomic E-state index is 11.4. The average Bonchev–Trinajstić information content (AvgIpc) is 2.29. The molecule has 2 N–H and O–H groups in total. The largest absolute Gasteiger partial charge is 0.335 e. The van der Waals surface area contributed by atoms with Crippen molar-refractivity contribution in [1.29, 1.82) is 5.26 Å². The standard InChI is InChI=1S/C12H13N3O2/c1-8-3-4-10(9(2)7-8)15-12(17)11(16)14-6-5-13/h3-4,7H,6H2,1-2H3,(H,14,16)(H,15,17). The minimum Gasteiger partial charge on any atom is -0.335 e. The smallest absolute Gasteiger partial charge is 0.313 e. The molecule has 0 saturated carbocycles. The lowest BCUT2D eigenvalue weighted by molar-refractivity contribution is -0.136. The maximum absolute atomic E-state index is 11.4. The van der Waals surface area contributed by atoms with Crippen LogP contribution in [0.4, 0.5) is 5.69 Å². The second kappa shape index (κ2) is 5.66. The molecule has 0 radical (unpaired) electrons. The van der Waals surface area contributed by atoms with E-state index in [0.29, 0.717) is 5.69 Å². The van der Waals surface area contributed by atoms with Crippen molar-refractivity contribution in [1.82, 2.24) is 5.32 Å². The topological polar surface area (TPSA) is 82.0 Å². The van der Waals surface area contributed by atoms with E-state index in [2.05, 4.69) is 10.6 Å². The number of amides is 2. The summed E-state index contributed by atoms with van der Waals surface area (Å²) in [5.74, 6) is -1.58. The number of nitrogens with one attached hydrogen (secondary N) is 2. The van der Waals surface area contributed by atoms with E-state index in [1.807, 2.05) is 26.0 Å². The summed E-state index contributed by atoms with van der Waals surface area (Å²) in [6, 6.07) is 7.21. The number of hydrogen-bond donors (Lipinski definition) is 2. The first-order chi connectivity index (χ1) is 8.04. The molecule has 5 nitrogen and oxygen atoms in total. The van der Waals surface area contributed by atoms with Crippen molar-refractivity contribution in [3.63, 3.8) is 0 Å². The van der Waals surface area contributed by atoms with Crippen LogP contribution in [0.1, 0.15) is 11.1 Å². The molecule has 0 bridgehead atoms. The molecule has 0 saturated heterocycles. The van der Waals surface area contributed by atoms with E-state index in [9.17, 15) is 9.59 Å². The first-order valence-electron chi connectivity index (χ1n) is 5.08. The molecule has 5 heteroatoms. The molecule has 0 fully saturated rings. The monoisotopic (exact) mass is 231 g/mol. The number of nitrogens with zero attached hydrogens (tertiary/aromatic N) is 1. The lowest BCUT2D eigenvalue weighted by atomic mass is 10.1. The van der Waals surface area contributed by atoms with Gasteiger partial charge in [-0.15, -0.1) is 0 Å². The molecular formula is C12H13N3O2. The number of hydrogen-bond acceptors (Lipinski definition) is 3. The van der Waals surface area contributed by atoms with Crippen molar-refractivity contribution in [2.45, 2.75) is 13.8 Å². The fourth-order valence-electron chi connectivity index (χ4n) is 1.33. The second-order valence-electron chi connectivity index (χ2n) is 3.61. The van der Waals surface area contributed by atoms with Gasteiger partial charge in [0, 0.05) is 5.69 Å². The van der Waals surface area contributed by atoms with Gasteiger partial charge in [0.15, 0.2) is 0 Å². The Balaban J connectivity index is 2.68. The molecular weight excluding hydrogens is 218 g/mol. The summed E-state index contributed by atoms with van der Waals surface area (Å²) in [5, 5.41) is 12.9. The Kier molecular flexibility index (Phi) is 4.23. The Morgan fingerprint density at radius 2 is 2.00 bits per heavy atom. The van der Waals surface area contributed by atoms with Crippen molar-refractivity contribution < 1.29 is 9.59 Å². The van der Waals surface area contributed by atoms with Gasteiger partial charge < -0.3 is 10.6 Å². The van der Waals surface area contributed by atoms with Crippen LogP contribution in [0.5, 0.6) is 0 Å². The van der Waals surface area contributed by atoms with Gasteiger partial charge in [-0.05, 0) is 25.5 Å². The van der Waals surface area contributed by atoms with Crippen molar-refractivity contribution in [3.8, 4) is 6.07 Å². The molecule has 0 aromatic heterocycles.